The maximum Gasteiger partial charge on any atom is 0.294 e. The molecule has 0 saturated heterocycles. The molecule has 0 fully saturated rings. The fourth-order valence-corrected chi connectivity index (χ4v) is 2.32. The van der Waals surface area contributed by atoms with Gasteiger partial charge in [0.15, 0.2) is 0 Å². The molecule has 4 nitrogen and oxygen atoms in total. The highest BCUT2D eigenvalue weighted by Crippen LogP contribution is 2.26. The Morgan fingerprint density at radius 3 is 2.50 bits per heavy atom. The summed E-state index contributed by atoms with van der Waals surface area (Å²) in [5, 5.41) is 9.81. The van der Waals surface area contributed by atoms with E-state index in [1.807, 2.05) is 6.92 Å². The molecular weight excluding hydrogens is 228 g/mol. The van der Waals surface area contributed by atoms with Crippen LogP contribution in [0.1, 0.15) is 37.0 Å². The summed E-state index contributed by atoms with van der Waals surface area (Å²) in [5.41, 5.74) is 1.11. The molecule has 0 aliphatic carbocycles. The number of hydrogen-bond donors (Lipinski definition) is 2. The van der Waals surface area contributed by atoms with Crippen LogP contribution in [0, 0.1) is 6.92 Å². The van der Waals surface area contributed by atoms with Crippen molar-refractivity contribution in [1.82, 2.24) is 0 Å². The molecule has 1 aromatic carbocycles. The van der Waals surface area contributed by atoms with Crippen LogP contribution in [0.15, 0.2) is 23.1 Å². The van der Waals surface area contributed by atoms with Crippen molar-refractivity contribution in [1.29, 1.82) is 0 Å². The van der Waals surface area contributed by atoms with Crippen LogP contribution in [0.5, 0.6) is 0 Å². The van der Waals surface area contributed by atoms with Crippen molar-refractivity contribution in [3.8, 4) is 0 Å². The van der Waals surface area contributed by atoms with E-state index >= 15 is 0 Å². The Balaban J connectivity index is 3.29. The second-order valence-electron chi connectivity index (χ2n) is 3.82. The van der Waals surface area contributed by atoms with Gasteiger partial charge in [0.25, 0.3) is 10.1 Å². The first-order chi connectivity index (χ1) is 7.36. The summed E-state index contributed by atoms with van der Waals surface area (Å²) in [4.78, 5) is -0.209. The molecule has 0 aromatic heterocycles. The maximum atomic E-state index is 11.1. The lowest BCUT2D eigenvalue weighted by molar-refractivity contribution is 0.163. The zero-order chi connectivity index (χ0) is 12.3. The van der Waals surface area contributed by atoms with Crippen molar-refractivity contribution in [3.05, 3.63) is 29.3 Å². The van der Waals surface area contributed by atoms with Crippen LogP contribution in [0.3, 0.4) is 0 Å². The third-order valence-corrected chi connectivity index (χ3v) is 3.29. The zero-order valence-corrected chi connectivity index (χ0v) is 10.2. The number of aliphatic hydroxyl groups is 1. The van der Waals surface area contributed by atoms with Gasteiger partial charge in [0, 0.05) is 5.56 Å². The van der Waals surface area contributed by atoms with E-state index in [4.69, 9.17) is 4.55 Å². The first-order valence-corrected chi connectivity index (χ1v) is 6.56. The molecule has 0 saturated carbocycles. The quantitative estimate of drug-likeness (QED) is 0.795. The fraction of sp³-hybridized carbons (Fsp3) is 0.455. The first kappa shape index (κ1) is 13.2. The topological polar surface area (TPSA) is 74.6 Å². The molecule has 1 aromatic rings. The van der Waals surface area contributed by atoms with Gasteiger partial charge in [-0.2, -0.15) is 8.42 Å². The maximum absolute atomic E-state index is 11.1. The molecule has 0 heterocycles. The van der Waals surface area contributed by atoms with Crippen LogP contribution < -0.4 is 0 Å². The second kappa shape index (κ2) is 4.95. The smallest absolute Gasteiger partial charge is 0.294 e. The molecule has 90 valence electrons. The van der Waals surface area contributed by atoms with Gasteiger partial charge in [-0.1, -0.05) is 31.0 Å². The van der Waals surface area contributed by atoms with Gasteiger partial charge in [-0.05, 0) is 19.4 Å². The Kier molecular flexibility index (Phi) is 4.07. The van der Waals surface area contributed by atoms with Gasteiger partial charge in [0.1, 0.15) is 0 Å². The van der Waals surface area contributed by atoms with E-state index in [-0.39, 0.29) is 10.5 Å². The lowest BCUT2D eigenvalue weighted by Crippen LogP contribution is -2.07. The molecule has 1 atom stereocenters. The molecule has 0 bridgehead atoms. The molecule has 0 spiro atoms. The highest BCUT2D eigenvalue weighted by atomic mass is 32.2. The van der Waals surface area contributed by atoms with Crippen LogP contribution in [-0.4, -0.2) is 18.1 Å². The van der Waals surface area contributed by atoms with E-state index in [9.17, 15) is 13.5 Å². The molecule has 2 N–H and O–H groups in total. The second-order valence-corrected chi connectivity index (χ2v) is 5.21. The lowest BCUT2D eigenvalue weighted by atomic mass is 10.0. The molecule has 0 unspecified atom stereocenters. The van der Waals surface area contributed by atoms with E-state index in [0.29, 0.717) is 6.42 Å². The third-order valence-electron chi connectivity index (χ3n) is 2.36. The molecule has 0 aliphatic heterocycles. The van der Waals surface area contributed by atoms with Crippen LogP contribution in [-0.2, 0) is 10.1 Å². The number of aliphatic hydroxyl groups excluding tert-OH is 1. The molecular formula is C11H16O4S. The Morgan fingerprint density at radius 2 is 2.00 bits per heavy atom. The number of aryl methyl sites for hydroxylation is 1. The van der Waals surface area contributed by atoms with Gasteiger partial charge >= 0.3 is 0 Å². The summed E-state index contributed by atoms with van der Waals surface area (Å²) in [6, 6.07) is 4.49. The SMILES string of the molecule is CCC[C@@H](O)c1cc(C)ccc1S(=O)(=O)O. The molecule has 16 heavy (non-hydrogen) atoms. The normalized spacial score (nSPS) is 13.8. The van der Waals surface area contributed by atoms with E-state index in [2.05, 4.69) is 0 Å². The van der Waals surface area contributed by atoms with E-state index in [0.717, 1.165) is 12.0 Å². The predicted molar refractivity (Wildman–Crippen MR) is 60.9 cm³/mol. The van der Waals surface area contributed by atoms with E-state index in [1.54, 1.807) is 19.1 Å². The summed E-state index contributed by atoms with van der Waals surface area (Å²) in [6.07, 6.45) is 0.341. The zero-order valence-electron chi connectivity index (χ0n) is 9.34. The van der Waals surface area contributed by atoms with Gasteiger partial charge in [-0.25, -0.2) is 0 Å². The van der Waals surface area contributed by atoms with Crippen LogP contribution >= 0.6 is 0 Å². The molecule has 0 radical (unpaired) electrons. The van der Waals surface area contributed by atoms with Gasteiger partial charge in [0.05, 0.1) is 11.0 Å². The van der Waals surface area contributed by atoms with Crippen LogP contribution in [0.2, 0.25) is 0 Å². The van der Waals surface area contributed by atoms with E-state index < -0.39 is 16.2 Å². The number of hydrogen-bond acceptors (Lipinski definition) is 3. The average Bonchev–Trinajstić information content (AvgIpc) is 2.16. The monoisotopic (exact) mass is 244 g/mol. The summed E-state index contributed by atoms with van der Waals surface area (Å²) in [5.74, 6) is 0. The number of benzene rings is 1. The molecule has 0 amide bonds. The molecule has 0 aliphatic rings. The van der Waals surface area contributed by atoms with Crippen molar-refractivity contribution >= 4 is 10.1 Å². The minimum absolute atomic E-state index is 0.209. The van der Waals surface area contributed by atoms with Crippen molar-refractivity contribution in [2.75, 3.05) is 0 Å². The highest BCUT2D eigenvalue weighted by molar-refractivity contribution is 7.85. The van der Waals surface area contributed by atoms with Crippen LogP contribution in [0.25, 0.3) is 0 Å². The largest absolute Gasteiger partial charge is 0.388 e. The highest BCUT2D eigenvalue weighted by Gasteiger charge is 2.20. The summed E-state index contributed by atoms with van der Waals surface area (Å²) in [7, 11) is -4.27. The Labute approximate surface area is 95.7 Å². The minimum atomic E-state index is -4.27. The van der Waals surface area contributed by atoms with Gasteiger partial charge in [-0.15, -0.1) is 0 Å². The van der Waals surface area contributed by atoms with E-state index in [1.165, 1.54) is 6.07 Å². The Hall–Kier alpha value is -0.910. The molecule has 5 heteroatoms. The Bertz CT molecular complexity index is 465. The lowest BCUT2D eigenvalue weighted by Gasteiger charge is -2.14. The average molecular weight is 244 g/mol. The predicted octanol–water partition coefficient (Wildman–Crippen LogP) is 2.08. The summed E-state index contributed by atoms with van der Waals surface area (Å²) in [6.45, 7) is 3.70. The summed E-state index contributed by atoms with van der Waals surface area (Å²) < 4.78 is 31.3. The van der Waals surface area contributed by atoms with Crippen LogP contribution in [0.4, 0.5) is 0 Å². The van der Waals surface area contributed by atoms with Gasteiger partial charge < -0.3 is 5.11 Å². The van der Waals surface area contributed by atoms with Crippen molar-refractivity contribution < 1.29 is 18.1 Å². The minimum Gasteiger partial charge on any atom is -0.388 e. The van der Waals surface area contributed by atoms with Crippen molar-refractivity contribution in [2.45, 2.75) is 37.7 Å². The Morgan fingerprint density at radius 1 is 1.38 bits per heavy atom. The van der Waals surface area contributed by atoms with Crippen molar-refractivity contribution in [2.24, 2.45) is 0 Å². The van der Waals surface area contributed by atoms with Gasteiger partial charge in [0.2, 0.25) is 0 Å². The van der Waals surface area contributed by atoms with Crippen molar-refractivity contribution in [3.63, 3.8) is 0 Å². The van der Waals surface area contributed by atoms with Gasteiger partial charge in [-0.3, -0.25) is 4.55 Å². The number of rotatable bonds is 4. The molecule has 1 rings (SSSR count). The summed E-state index contributed by atoms with van der Waals surface area (Å²) >= 11 is 0. The fourth-order valence-electron chi connectivity index (χ4n) is 1.59. The third kappa shape index (κ3) is 3.04. The first-order valence-electron chi connectivity index (χ1n) is 5.12. The standard InChI is InChI=1S/C11H16O4S/c1-3-4-10(12)9-7-8(2)5-6-11(9)16(13,14)15/h5-7,10,12H,3-4H2,1-2H3,(H,13,14,15)/t10-/m1/s1.